The van der Waals surface area contributed by atoms with E-state index in [1.165, 1.54) is 16.7 Å². The van der Waals surface area contributed by atoms with Crippen molar-refractivity contribution in [1.29, 1.82) is 0 Å². The molecule has 5 N–H and O–H groups in total. The van der Waals surface area contributed by atoms with Crippen LogP contribution in [-0.4, -0.2) is 12.0 Å². The minimum absolute atomic E-state index is 0.0421. The normalized spacial score (nSPS) is 20.5. The van der Waals surface area contributed by atoms with Crippen LogP contribution in [0.4, 0.5) is 0 Å². The van der Waals surface area contributed by atoms with Gasteiger partial charge in [0.2, 0.25) is 0 Å². The third-order valence-electron chi connectivity index (χ3n) is 3.88. The smallest absolute Gasteiger partial charge is 0.195 e. The molecule has 108 valence electrons. The Labute approximate surface area is 124 Å². The van der Waals surface area contributed by atoms with Crippen molar-refractivity contribution in [2.45, 2.75) is 25.8 Å². The van der Waals surface area contributed by atoms with Crippen LogP contribution in [0.15, 0.2) is 64.5 Å². The maximum Gasteiger partial charge on any atom is 0.195 e. The van der Waals surface area contributed by atoms with Gasteiger partial charge in [0.15, 0.2) is 5.96 Å². The van der Waals surface area contributed by atoms with Gasteiger partial charge in [0, 0.05) is 5.57 Å². The Kier molecular flexibility index (Phi) is 3.52. The second kappa shape index (κ2) is 5.48. The lowest BCUT2D eigenvalue weighted by molar-refractivity contribution is 0.760. The van der Waals surface area contributed by atoms with Gasteiger partial charge >= 0.3 is 0 Å². The van der Waals surface area contributed by atoms with Gasteiger partial charge in [-0.1, -0.05) is 48.1 Å². The number of aryl methyl sites for hydroxylation is 2. The number of fused-ring (bicyclic) bond motifs is 1. The summed E-state index contributed by atoms with van der Waals surface area (Å²) in [7, 11) is 0. The number of hydrogen-bond acceptors (Lipinski definition) is 4. The SMILES string of the molecule is Cc1ccc(CCC2=CC=CC3NC(N)=NC(N)=C23)cc1. The molecule has 0 fully saturated rings. The number of nitrogens with two attached hydrogens (primary N) is 2. The van der Waals surface area contributed by atoms with Crippen molar-refractivity contribution in [3.8, 4) is 0 Å². The summed E-state index contributed by atoms with van der Waals surface area (Å²) in [5, 5.41) is 3.15. The molecule has 1 atom stereocenters. The van der Waals surface area contributed by atoms with E-state index in [9.17, 15) is 0 Å². The monoisotopic (exact) mass is 280 g/mol. The van der Waals surface area contributed by atoms with E-state index in [2.05, 4.69) is 59.7 Å². The molecule has 0 bridgehead atoms. The quantitative estimate of drug-likeness (QED) is 0.791. The first-order valence-corrected chi connectivity index (χ1v) is 7.17. The van der Waals surface area contributed by atoms with Crippen LogP contribution in [0.3, 0.4) is 0 Å². The van der Waals surface area contributed by atoms with Crippen LogP contribution in [0, 0.1) is 6.92 Å². The molecule has 3 rings (SSSR count). The minimum Gasteiger partial charge on any atom is -0.383 e. The van der Waals surface area contributed by atoms with Crippen LogP contribution in [0.5, 0.6) is 0 Å². The highest BCUT2D eigenvalue weighted by atomic mass is 15.2. The number of nitrogens with zero attached hydrogens (tertiary/aromatic N) is 1. The topological polar surface area (TPSA) is 76.4 Å². The first-order valence-electron chi connectivity index (χ1n) is 7.17. The average molecular weight is 280 g/mol. The van der Waals surface area contributed by atoms with E-state index in [1.54, 1.807) is 0 Å². The lowest BCUT2D eigenvalue weighted by atomic mass is 9.89. The highest BCUT2D eigenvalue weighted by Gasteiger charge is 2.24. The van der Waals surface area contributed by atoms with E-state index < -0.39 is 0 Å². The molecule has 1 aliphatic carbocycles. The molecule has 0 saturated heterocycles. The van der Waals surface area contributed by atoms with Crippen molar-refractivity contribution in [2.75, 3.05) is 0 Å². The molecule has 0 aromatic heterocycles. The number of allylic oxidation sites excluding steroid dienone is 2. The summed E-state index contributed by atoms with van der Waals surface area (Å²) in [6.07, 6.45) is 8.15. The Morgan fingerprint density at radius 1 is 1.14 bits per heavy atom. The molecular weight excluding hydrogens is 260 g/mol. The highest BCUT2D eigenvalue weighted by Crippen LogP contribution is 2.28. The third-order valence-corrected chi connectivity index (χ3v) is 3.88. The largest absolute Gasteiger partial charge is 0.383 e. The first-order chi connectivity index (χ1) is 10.1. The molecule has 0 radical (unpaired) electrons. The molecule has 4 heteroatoms. The van der Waals surface area contributed by atoms with Crippen LogP contribution in [0.25, 0.3) is 0 Å². The summed E-state index contributed by atoms with van der Waals surface area (Å²) >= 11 is 0. The van der Waals surface area contributed by atoms with E-state index in [4.69, 9.17) is 11.5 Å². The lowest BCUT2D eigenvalue weighted by Gasteiger charge is -2.28. The van der Waals surface area contributed by atoms with Crippen molar-refractivity contribution in [3.05, 3.63) is 70.6 Å². The molecule has 0 spiro atoms. The Balaban J connectivity index is 1.78. The van der Waals surface area contributed by atoms with Gasteiger partial charge in [-0.3, -0.25) is 0 Å². The summed E-state index contributed by atoms with van der Waals surface area (Å²) in [5.41, 5.74) is 16.7. The fourth-order valence-electron chi connectivity index (χ4n) is 2.75. The van der Waals surface area contributed by atoms with Gasteiger partial charge in [-0.2, -0.15) is 4.99 Å². The average Bonchev–Trinajstić information content (AvgIpc) is 2.46. The van der Waals surface area contributed by atoms with Crippen molar-refractivity contribution in [1.82, 2.24) is 5.32 Å². The molecule has 1 aromatic carbocycles. The second-order valence-corrected chi connectivity index (χ2v) is 5.48. The van der Waals surface area contributed by atoms with Crippen LogP contribution >= 0.6 is 0 Å². The van der Waals surface area contributed by atoms with Crippen molar-refractivity contribution in [2.24, 2.45) is 16.5 Å². The zero-order valence-electron chi connectivity index (χ0n) is 12.1. The molecule has 0 saturated carbocycles. The maximum absolute atomic E-state index is 6.06. The Morgan fingerprint density at radius 2 is 1.90 bits per heavy atom. The van der Waals surface area contributed by atoms with Gasteiger partial charge < -0.3 is 16.8 Å². The molecule has 1 aromatic rings. The van der Waals surface area contributed by atoms with E-state index in [-0.39, 0.29) is 6.04 Å². The number of rotatable bonds is 3. The van der Waals surface area contributed by atoms with Gasteiger partial charge in [0.1, 0.15) is 5.82 Å². The second-order valence-electron chi connectivity index (χ2n) is 5.48. The summed E-state index contributed by atoms with van der Waals surface area (Å²) in [6, 6.07) is 8.70. The fraction of sp³-hybridized carbons (Fsp3) is 0.235. The van der Waals surface area contributed by atoms with Crippen LogP contribution in [-0.2, 0) is 6.42 Å². The van der Waals surface area contributed by atoms with E-state index in [0.717, 1.165) is 18.4 Å². The number of benzene rings is 1. The predicted octanol–water partition coefficient (Wildman–Crippen LogP) is 1.88. The van der Waals surface area contributed by atoms with Gasteiger partial charge in [-0.15, -0.1) is 0 Å². The molecule has 1 unspecified atom stereocenters. The van der Waals surface area contributed by atoms with Crippen LogP contribution < -0.4 is 16.8 Å². The first kappa shape index (κ1) is 13.5. The van der Waals surface area contributed by atoms with Crippen molar-refractivity contribution in [3.63, 3.8) is 0 Å². The van der Waals surface area contributed by atoms with Gasteiger partial charge in [0.05, 0.1) is 6.04 Å². The Bertz CT molecular complexity index is 663. The van der Waals surface area contributed by atoms with Crippen molar-refractivity contribution < 1.29 is 0 Å². The third kappa shape index (κ3) is 2.84. The van der Waals surface area contributed by atoms with E-state index in [1.807, 2.05) is 0 Å². The molecule has 0 amide bonds. The van der Waals surface area contributed by atoms with Gasteiger partial charge in [0.25, 0.3) is 0 Å². The maximum atomic E-state index is 6.06. The number of aliphatic imine (C=N–C) groups is 1. The Morgan fingerprint density at radius 3 is 2.67 bits per heavy atom. The summed E-state index contributed by atoms with van der Waals surface area (Å²) in [6.45, 7) is 2.10. The van der Waals surface area contributed by atoms with Crippen LogP contribution in [0.2, 0.25) is 0 Å². The summed E-state index contributed by atoms with van der Waals surface area (Å²) < 4.78 is 0. The standard InChI is InChI=1S/C17H20N4/c1-11-5-7-12(8-6-11)9-10-13-3-2-4-14-15(13)16(18)21-17(19)20-14/h2-8,14H,9-10,18H2,1H3,(H3,19,20,21). The minimum atomic E-state index is 0.0421. The number of hydrogen-bond donors (Lipinski definition) is 3. The molecule has 21 heavy (non-hydrogen) atoms. The van der Waals surface area contributed by atoms with Crippen molar-refractivity contribution >= 4 is 5.96 Å². The van der Waals surface area contributed by atoms with Gasteiger partial charge in [-0.05, 0) is 30.9 Å². The predicted molar refractivity (Wildman–Crippen MR) is 86.5 cm³/mol. The lowest BCUT2D eigenvalue weighted by Crippen LogP contribution is -2.45. The summed E-state index contributed by atoms with van der Waals surface area (Å²) in [4.78, 5) is 4.15. The molecule has 2 aliphatic rings. The molecule has 1 heterocycles. The molecule has 4 nitrogen and oxygen atoms in total. The molecule has 1 aliphatic heterocycles. The number of guanidine groups is 1. The number of nitrogens with one attached hydrogen (secondary N) is 1. The van der Waals surface area contributed by atoms with Gasteiger partial charge in [-0.25, -0.2) is 0 Å². The zero-order valence-corrected chi connectivity index (χ0v) is 12.1. The highest BCUT2D eigenvalue weighted by molar-refractivity contribution is 5.82. The van der Waals surface area contributed by atoms with E-state index >= 15 is 0 Å². The van der Waals surface area contributed by atoms with E-state index in [0.29, 0.717) is 11.8 Å². The fourth-order valence-corrected chi connectivity index (χ4v) is 2.75. The summed E-state index contributed by atoms with van der Waals surface area (Å²) in [5.74, 6) is 0.904. The molecular formula is C17H20N4. The van der Waals surface area contributed by atoms with Crippen LogP contribution in [0.1, 0.15) is 17.5 Å². The Hall–Kier alpha value is -2.49. The zero-order chi connectivity index (χ0) is 14.8.